The zero-order chi connectivity index (χ0) is 29.3. The molecule has 2 aromatic heterocycles. The predicted octanol–water partition coefficient (Wildman–Crippen LogP) is 5.20. The summed E-state index contributed by atoms with van der Waals surface area (Å²) in [4.78, 5) is 25.4. The number of aliphatic hydroxyl groups is 2. The summed E-state index contributed by atoms with van der Waals surface area (Å²) in [6, 6.07) is 23.2. The molecule has 0 bridgehead atoms. The van der Waals surface area contributed by atoms with Crippen molar-refractivity contribution in [2.45, 2.75) is 57.8 Å². The van der Waals surface area contributed by atoms with Crippen molar-refractivity contribution in [3.8, 4) is 16.8 Å². The molecule has 7 nitrogen and oxygen atoms in total. The molecule has 3 N–H and O–H groups in total. The molecule has 2 atom stereocenters. The topological polar surface area (TPSA) is 105 Å². The Balaban J connectivity index is 0.00000405. The van der Waals surface area contributed by atoms with E-state index in [1.54, 1.807) is 16.7 Å². The first-order valence-corrected chi connectivity index (χ1v) is 13.8. The number of hydrogen-bond acceptors (Lipinski definition) is 4. The van der Waals surface area contributed by atoms with Crippen LogP contribution in [0.1, 0.15) is 44.8 Å². The molecule has 2 unspecified atom stereocenters. The number of aromatic nitrogens is 2. The molecule has 2 heterocycles. The minimum atomic E-state index is -1.17. The quantitative estimate of drug-likeness (QED) is 0.197. The maximum atomic E-state index is 14.4. The Hall–Kier alpha value is -3.27. The van der Waals surface area contributed by atoms with Gasteiger partial charge in [0.1, 0.15) is 11.3 Å². The first kappa shape index (κ1) is 31.7. The van der Waals surface area contributed by atoms with Gasteiger partial charge in [-0.05, 0) is 69.0 Å². The zero-order valence-corrected chi connectivity index (χ0v) is 23.0. The van der Waals surface area contributed by atoms with Crippen molar-refractivity contribution in [3.05, 3.63) is 101 Å². The third-order valence-electron chi connectivity index (χ3n) is 7.46. The summed E-state index contributed by atoms with van der Waals surface area (Å²) >= 11 is 0. The number of pyridine rings is 1. The molecule has 0 aliphatic heterocycles. The summed E-state index contributed by atoms with van der Waals surface area (Å²) < 4.78 is 17.7. The third-order valence-corrected chi connectivity index (χ3v) is 7.46. The number of aliphatic carboxylic acids is 1. The summed E-state index contributed by atoms with van der Waals surface area (Å²) in [5.41, 5.74) is 4.14. The molecule has 9 heteroatoms. The standard InChI is InChI=1S/C33H33FN2O5.Na.H/c1-20(2)35-28(17-16-24(37)18-25(38)19-29(39)40)30(21-12-14-22(34)15-13-21)31-26-10-6-7-11-27(26)36(33(41)32(31)35)23-8-4-3-5-9-23;;/h3-15,20,24-25,37-38H,16-19H2,1-2H3,(H,39,40);;. The van der Waals surface area contributed by atoms with Crippen LogP contribution in [0.25, 0.3) is 38.6 Å². The Morgan fingerprint density at radius 3 is 2.19 bits per heavy atom. The molecule has 0 saturated carbocycles. The number of carbonyl (C=O) groups is 1. The van der Waals surface area contributed by atoms with Gasteiger partial charge < -0.3 is 19.9 Å². The van der Waals surface area contributed by atoms with Crippen LogP contribution < -0.4 is 5.56 Å². The van der Waals surface area contributed by atoms with Gasteiger partial charge in [0.25, 0.3) is 5.56 Å². The molecule has 5 rings (SSSR count). The second-order valence-corrected chi connectivity index (χ2v) is 10.7. The van der Waals surface area contributed by atoms with Crippen LogP contribution in [0.3, 0.4) is 0 Å². The van der Waals surface area contributed by atoms with Crippen LogP contribution in [0, 0.1) is 5.82 Å². The van der Waals surface area contributed by atoms with Gasteiger partial charge in [-0.1, -0.05) is 48.5 Å². The number of fused-ring (bicyclic) bond motifs is 3. The van der Waals surface area contributed by atoms with E-state index in [0.717, 1.165) is 38.8 Å². The van der Waals surface area contributed by atoms with Crippen LogP contribution in [-0.4, -0.2) is 72.2 Å². The number of halogens is 1. The fourth-order valence-electron chi connectivity index (χ4n) is 5.80. The van der Waals surface area contributed by atoms with Gasteiger partial charge in [0.15, 0.2) is 0 Å². The van der Waals surface area contributed by atoms with Crippen LogP contribution in [-0.2, 0) is 11.2 Å². The number of carboxylic acid groups (broad SMARTS) is 1. The molecule has 3 aromatic carbocycles. The first-order chi connectivity index (χ1) is 19.7. The average Bonchev–Trinajstić information content (AvgIpc) is 3.28. The molecule has 0 fully saturated rings. The summed E-state index contributed by atoms with van der Waals surface area (Å²) in [5.74, 6) is -1.51. The summed E-state index contributed by atoms with van der Waals surface area (Å²) in [6.45, 7) is 3.98. The van der Waals surface area contributed by atoms with Gasteiger partial charge in [0, 0.05) is 33.8 Å². The van der Waals surface area contributed by atoms with Crippen LogP contribution >= 0.6 is 0 Å². The monoisotopic (exact) mass is 580 g/mol. The normalized spacial score (nSPS) is 12.9. The molecule has 0 radical (unpaired) electrons. The van der Waals surface area contributed by atoms with E-state index >= 15 is 0 Å². The summed E-state index contributed by atoms with van der Waals surface area (Å²) in [5, 5.41) is 31.4. The number of benzene rings is 3. The predicted molar refractivity (Wildman–Crippen MR) is 165 cm³/mol. The minimum absolute atomic E-state index is 0. The van der Waals surface area contributed by atoms with E-state index < -0.39 is 24.6 Å². The molecule has 0 saturated heterocycles. The second-order valence-electron chi connectivity index (χ2n) is 10.7. The van der Waals surface area contributed by atoms with Gasteiger partial charge >= 0.3 is 35.5 Å². The Morgan fingerprint density at radius 1 is 0.905 bits per heavy atom. The Labute approximate surface area is 265 Å². The van der Waals surface area contributed by atoms with E-state index in [1.165, 1.54) is 12.1 Å². The van der Waals surface area contributed by atoms with Crippen molar-refractivity contribution in [1.29, 1.82) is 0 Å². The van der Waals surface area contributed by atoms with E-state index in [0.29, 0.717) is 11.9 Å². The van der Waals surface area contributed by atoms with E-state index in [1.807, 2.05) is 73.0 Å². The number of hydrogen-bond donors (Lipinski definition) is 3. The molecule has 214 valence electrons. The molecule has 0 amide bonds. The second kappa shape index (κ2) is 13.4. The zero-order valence-electron chi connectivity index (χ0n) is 23.0. The molecule has 0 aliphatic carbocycles. The van der Waals surface area contributed by atoms with E-state index in [-0.39, 0.29) is 59.8 Å². The van der Waals surface area contributed by atoms with Crippen LogP contribution in [0.2, 0.25) is 0 Å². The van der Waals surface area contributed by atoms with Crippen LogP contribution in [0.5, 0.6) is 0 Å². The van der Waals surface area contributed by atoms with Gasteiger partial charge in [0.05, 0.1) is 24.1 Å². The number of nitrogens with zero attached hydrogens (tertiary/aromatic N) is 2. The van der Waals surface area contributed by atoms with E-state index in [2.05, 4.69) is 0 Å². The Morgan fingerprint density at radius 2 is 1.55 bits per heavy atom. The molecule has 5 aromatic rings. The number of carboxylic acids is 1. The SMILES string of the molecule is CC(C)n1c(CCC(O)CC(O)CC(=O)O)c(-c2ccc(F)cc2)c2c3ccccc3n(-c3ccccc3)c(=O)c21.[NaH]. The number of rotatable bonds is 10. The first-order valence-electron chi connectivity index (χ1n) is 13.8. The van der Waals surface area contributed by atoms with Crippen molar-refractivity contribution >= 4 is 57.3 Å². The van der Waals surface area contributed by atoms with Crippen molar-refractivity contribution in [2.75, 3.05) is 0 Å². The molecule has 0 aliphatic rings. The van der Waals surface area contributed by atoms with Crippen LogP contribution in [0.15, 0.2) is 83.7 Å². The summed E-state index contributed by atoms with van der Waals surface area (Å²) in [7, 11) is 0. The fraction of sp³-hybridized carbons (Fsp3) is 0.273. The fourth-order valence-corrected chi connectivity index (χ4v) is 5.80. The van der Waals surface area contributed by atoms with Crippen molar-refractivity contribution in [1.82, 2.24) is 9.13 Å². The van der Waals surface area contributed by atoms with Gasteiger partial charge in [-0.2, -0.15) is 0 Å². The average molecular weight is 581 g/mol. The van der Waals surface area contributed by atoms with Crippen molar-refractivity contribution in [3.63, 3.8) is 0 Å². The van der Waals surface area contributed by atoms with Crippen molar-refractivity contribution in [2.24, 2.45) is 0 Å². The third kappa shape index (κ3) is 6.23. The molecular formula is C33H34FN2NaO5. The molecule has 42 heavy (non-hydrogen) atoms. The number of aliphatic hydroxyl groups excluding tert-OH is 2. The van der Waals surface area contributed by atoms with E-state index in [9.17, 15) is 24.2 Å². The van der Waals surface area contributed by atoms with Gasteiger partial charge in [-0.3, -0.25) is 14.2 Å². The van der Waals surface area contributed by atoms with Gasteiger partial charge in [0.2, 0.25) is 0 Å². The molecule has 0 spiro atoms. The summed E-state index contributed by atoms with van der Waals surface area (Å²) in [6.07, 6.45) is -2.07. The number of para-hydroxylation sites is 2. The molecular weight excluding hydrogens is 546 g/mol. The van der Waals surface area contributed by atoms with Crippen LogP contribution in [0.4, 0.5) is 4.39 Å². The van der Waals surface area contributed by atoms with E-state index in [4.69, 9.17) is 5.11 Å². The Kier molecular flexibility index (Phi) is 10.1. The van der Waals surface area contributed by atoms with Gasteiger partial charge in [-0.15, -0.1) is 0 Å². The maximum absolute atomic E-state index is 14.4. The van der Waals surface area contributed by atoms with Gasteiger partial charge in [-0.25, -0.2) is 4.39 Å². The van der Waals surface area contributed by atoms with Crippen molar-refractivity contribution < 1.29 is 24.5 Å². The Bertz CT molecular complexity index is 1760.